The van der Waals surface area contributed by atoms with Gasteiger partial charge in [-0.3, -0.25) is 0 Å². The van der Waals surface area contributed by atoms with E-state index in [-0.39, 0.29) is 11.9 Å². The van der Waals surface area contributed by atoms with Crippen molar-refractivity contribution in [2.75, 3.05) is 7.05 Å². The number of aliphatic hydroxyl groups excluding tert-OH is 1. The Morgan fingerprint density at radius 3 is 2.13 bits per heavy atom. The van der Waals surface area contributed by atoms with Crippen LogP contribution in [-0.2, 0) is 0 Å². The molecule has 0 amide bonds. The Balaban J connectivity index is 2.82. The SMILES string of the molecule is CNC(C(C)C)C(O)c1ccc(F)cc1. The van der Waals surface area contributed by atoms with E-state index in [0.29, 0.717) is 5.92 Å². The van der Waals surface area contributed by atoms with Gasteiger partial charge in [-0.05, 0) is 30.7 Å². The van der Waals surface area contributed by atoms with Crippen molar-refractivity contribution in [2.45, 2.75) is 26.0 Å². The van der Waals surface area contributed by atoms with E-state index in [9.17, 15) is 9.50 Å². The largest absolute Gasteiger partial charge is 0.387 e. The maximum absolute atomic E-state index is 12.7. The zero-order valence-electron chi connectivity index (χ0n) is 9.37. The molecule has 2 atom stereocenters. The molecule has 0 fully saturated rings. The van der Waals surface area contributed by atoms with Gasteiger partial charge in [0.25, 0.3) is 0 Å². The van der Waals surface area contributed by atoms with Crippen LogP contribution in [0.4, 0.5) is 4.39 Å². The van der Waals surface area contributed by atoms with E-state index in [1.54, 1.807) is 12.1 Å². The van der Waals surface area contributed by atoms with E-state index in [2.05, 4.69) is 5.32 Å². The summed E-state index contributed by atoms with van der Waals surface area (Å²) in [4.78, 5) is 0. The average Bonchev–Trinajstić information content (AvgIpc) is 2.19. The highest BCUT2D eigenvalue weighted by Gasteiger charge is 2.22. The van der Waals surface area contributed by atoms with Crippen LogP contribution < -0.4 is 5.32 Å². The summed E-state index contributed by atoms with van der Waals surface area (Å²) in [5, 5.41) is 13.1. The van der Waals surface area contributed by atoms with E-state index in [4.69, 9.17) is 0 Å². The van der Waals surface area contributed by atoms with Gasteiger partial charge in [0.1, 0.15) is 5.82 Å². The van der Waals surface area contributed by atoms with Crippen molar-refractivity contribution >= 4 is 0 Å². The lowest BCUT2D eigenvalue weighted by atomic mass is 9.93. The zero-order valence-corrected chi connectivity index (χ0v) is 9.37. The van der Waals surface area contributed by atoms with E-state index in [1.165, 1.54) is 12.1 Å². The Hall–Kier alpha value is -0.930. The summed E-state index contributed by atoms with van der Waals surface area (Å²) >= 11 is 0. The fourth-order valence-electron chi connectivity index (χ4n) is 1.72. The number of likely N-dealkylation sites (N-methyl/N-ethyl adjacent to an activating group) is 1. The predicted octanol–water partition coefficient (Wildman–Crippen LogP) is 2.10. The summed E-state index contributed by atoms with van der Waals surface area (Å²) in [6.07, 6.45) is -0.601. The number of hydrogen-bond donors (Lipinski definition) is 2. The second-order valence-electron chi connectivity index (χ2n) is 4.05. The van der Waals surface area contributed by atoms with Gasteiger partial charge in [-0.1, -0.05) is 26.0 Å². The van der Waals surface area contributed by atoms with Crippen LogP contribution in [0.2, 0.25) is 0 Å². The van der Waals surface area contributed by atoms with Crippen molar-refractivity contribution in [3.63, 3.8) is 0 Å². The molecule has 1 aromatic carbocycles. The molecule has 2 unspecified atom stereocenters. The first-order chi connectivity index (χ1) is 7.06. The Morgan fingerprint density at radius 2 is 1.73 bits per heavy atom. The van der Waals surface area contributed by atoms with E-state index >= 15 is 0 Å². The number of rotatable bonds is 4. The molecule has 0 aromatic heterocycles. The molecular weight excluding hydrogens is 193 g/mol. The van der Waals surface area contributed by atoms with E-state index < -0.39 is 6.10 Å². The van der Waals surface area contributed by atoms with Crippen molar-refractivity contribution in [3.8, 4) is 0 Å². The van der Waals surface area contributed by atoms with Crippen LogP contribution in [0.3, 0.4) is 0 Å². The Kier molecular flexibility index (Phi) is 4.24. The van der Waals surface area contributed by atoms with Crippen LogP contribution in [0.5, 0.6) is 0 Å². The van der Waals surface area contributed by atoms with Crippen molar-refractivity contribution < 1.29 is 9.50 Å². The molecule has 3 heteroatoms. The van der Waals surface area contributed by atoms with Crippen LogP contribution in [0.1, 0.15) is 25.5 Å². The smallest absolute Gasteiger partial charge is 0.123 e. The van der Waals surface area contributed by atoms with Gasteiger partial charge in [0, 0.05) is 6.04 Å². The van der Waals surface area contributed by atoms with Crippen molar-refractivity contribution in [1.29, 1.82) is 0 Å². The third kappa shape index (κ3) is 3.01. The maximum Gasteiger partial charge on any atom is 0.123 e. The lowest BCUT2D eigenvalue weighted by molar-refractivity contribution is 0.110. The van der Waals surface area contributed by atoms with Gasteiger partial charge < -0.3 is 10.4 Å². The Bertz CT molecular complexity index is 297. The average molecular weight is 211 g/mol. The summed E-state index contributed by atoms with van der Waals surface area (Å²) in [7, 11) is 1.82. The van der Waals surface area contributed by atoms with Crippen LogP contribution >= 0.6 is 0 Å². The molecule has 0 heterocycles. The lowest BCUT2D eigenvalue weighted by Crippen LogP contribution is -2.36. The Labute approximate surface area is 90.1 Å². The molecule has 0 aliphatic heterocycles. The molecule has 1 aromatic rings. The van der Waals surface area contributed by atoms with Gasteiger partial charge in [0.15, 0.2) is 0 Å². The van der Waals surface area contributed by atoms with Crippen LogP contribution in [0.25, 0.3) is 0 Å². The van der Waals surface area contributed by atoms with Gasteiger partial charge in [-0.25, -0.2) is 4.39 Å². The molecule has 0 spiro atoms. The molecule has 2 nitrogen and oxygen atoms in total. The van der Waals surface area contributed by atoms with Gasteiger partial charge in [0.2, 0.25) is 0 Å². The fraction of sp³-hybridized carbons (Fsp3) is 0.500. The quantitative estimate of drug-likeness (QED) is 0.799. The first-order valence-electron chi connectivity index (χ1n) is 5.17. The third-order valence-corrected chi connectivity index (χ3v) is 2.60. The van der Waals surface area contributed by atoms with Crippen molar-refractivity contribution in [2.24, 2.45) is 5.92 Å². The Morgan fingerprint density at radius 1 is 1.20 bits per heavy atom. The van der Waals surface area contributed by atoms with Crippen LogP contribution in [-0.4, -0.2) is 18.2 Å². The third-order valence-electron chi connectivity index (χ3n) is 2.60. The number of nitrogens with one attached hydrogen (secondary N) is 1. The topological polar surface area (TPSA) is 32.3 Å². The van der Waals surface area contributed by atoms with Gasteiger partial charge in [0.05, 0.1) is 6.10 Å². The summed E-state index contributed by atoms with van der Waals surface area (Å²) in [6.45, 7) is 4.07. The molecule has 0 aliphatic carbocycles. The normalized spacial score (nSPS) is 15.3. The highest BCUT2D eigenvalue weighted by Crippen LogP contribution is 2.21. The van der Waals surface area contributed by atoms with Crippen molar-refractivity contribution in [3.05, 3.63) is 35.6 Å². The molecule has 0 radical (unpaired) electrons. The summed E-state index contributed by atoms with van der Waals surface area (Å²) in [5.41, 5.74) is 0.740. The maximum atomic E-state index is 12.7. The molecule has 2 N–H and O–H groups in total. The highest BCUT2D eigenvalue weighted by atomic mass is 19.1. The zero-order chi connectivity index (χ0) is 11.4. The fourth-order valence-corrected chi connectivity index (χ4v) is 1.72. The minimum absolute atomic E-state index is 0.0181. The number of hydrogen-bond acceptors (Lipinski definition) is 2. The number of halogens is 1. The van der Waals surface area contributed by atoms with Gasteiger partial charge in [-0.15, -0.1) is 0 Å². The standard InChI is InChI=1S/C12H18FNO/c1-8(2)11(14-3)12(15)9-4-6-10(13)7-5-9/h4-8,11-12,14-15H,1-3H3. The molecule has 0 saturated heterocycles. The molecular formula is C12H18FNO. The minimum Gasteiger partial charge on any atom is -0.387 e. The summed E-state index contributed by atoms with van der Waals surface area (Å²) in [6, 6.07) is 5.95. The van der Waals surface area contributed by atoms with Crippen LogP contribution in [0, 0.1) is 11.7 Å². The van der Waals surface area contributed by atoms with Crippen molar-refractivity contribution in [1.82, 2.24) is 5.32 Å². The highest BCUT2D eigenvalue weighted by molar-refractivity contribution is 5.20. The van der Waals surface area contributed by atoms with Gasteiger partial charge >= 0.3 is 0 Å². The molecule has 15 heavy (non-hydrogen) atoms. The predicted molar refractivity (Wildman–Crippen MR) is 59.0 cm³/mol. The van der Waals surface area contributed by atoms with Crippen LogP contribution in [0.15, 0.2) is 24.3 Å². The van der Waals surface area contributed by atoms with E-state index in [1.807, 2.05) is 20.9 Å². The number of aliphatic hydroxyl groups is 1. The summed E-state index contributed by atoms with van der Waals surface area (Å²) in [5.74, 6) is 0.0338. The van der Waals surface area contributed by atoms with E-state index in [0.717, 1.165) is 5.56 Å². The molecule has 1 rings (SSSR count). The molecule has 0 aliphatic rings. The monoisotopic (exact) mass is 211 g/mol. The number of benzene rings is 1. The first kappa shape index (κ1) is 12.1. The summed E-state index contributed by atoms with van der Waals surface area (Å²) < 4.78 is 12.7. The molecule has 0 bridgehead atoms. The first-order valence-corrected chi connectivity index (χ1v) is 5.17. The second-order valence-corrected chi connectivity index (χ2v) is 4.05. The minimum atomic E-state index is -0.601. The molecule has 84 valence electrons. The second kappa shape index (κ2) is 5.24. The van der Waals surface area contributed by atoms with Gasteiger partial charge in [-0.2, -0.15) is 0 Å². The molecule has 0 saturated carbocycles. The lowest BCUT2D eigenvalue weighted by Gasteiger charge is -2.26.